The summed E-state index contributed by atoms with van der Waals surface area (Å²) >= 11 is 3.04. The van der Waals surface area contributed by atoms with Crippen LogP contribution in [0.4, 0.5) is 20.3 Å². The number of nitrogens with one attached hydrogen (secondary N) is 2. The van der Waals surface area contributed by atoms with E-state index in [9.17, 15) is 22.4 Å². The lowest BCUT2D eigenvalue weighted by molar-refractivity contribution is 0.141. The first-order valence-electron chi connectivity index (χ1n) is 8.42. The van der Waals surface area contributed by atoms with E-state index in [0.29, 0.717) is 5.69 Å². The molecule has 2 aromatic rings. The van der Waals surface area contributed by atoms with Crippen LogP contribution in [0.1, 0.15) is 12.1 Å². The van der Waals surface area contributed by atoms with Crippen LogP contribution in [0, 0.1) is 5.82 Å². The largest absolute Gasteiger partial charge is 0.365 e. The molecule has 0 amide bonds. The molecule has 0 atom stereocenters. The van der Waals surface area contributed by atoms with Crippen LogP contribution in [-0.4, -0.2) is 65.6 Å². The monoisotopic (exact) mass is 494 g/mol. The van der Waals surface area contributed by atoms with Crippen molar-refractivity contribution in [2.45, 2.75) is 12.6 Å². The second-order valence-electron chi connectivity index (χ2n) is 6.14. The fourth-order valence-electron chi connectivity index (χ4n) is 2.48. The number of anilines is 1. The summed E-state index contributed by atoms with van der Waals surface area (Å²) in [6.45, 7) is -0.00262. The van der Waals surface area contributed by atoms with Crippen molar-refractivity contribution in [1.82, 2.24) is 20.1 Å². The lowest BCUT2D eigenvalue weighted by Crippen LogP contribution is -2.52. The fourth-order valence-corrected chi connectivity index (χ4v) is 4.39. The summed E-state index contributed by atoms with van der Waals surface area (Å²) in [4.78, 5) is 4.12. The lowest BCUT2D eigenvalue weighted by Gasteiger charge is -2.33. The van der Waals surface area contributed by atoms with E-state index in [2.05, 4.69) is 41.2 Å². The van der Waals surface area contributed by atoms with Crippen LogP contribution in [0.5, 0.6) is 0 Å². The molecule has 0 bridgehead atoms. The van der Waals surface area contributed by atoms with Gasteiger partial charge in [0.25, 0.3) is 0 Å². The van der Waals surface area contributed by atoms with Gasteiger partial charge in [0, 0.05) is 19.6 Å². The van der Waals surface area contributed by atoms with Gasteiger partial charge in [0.2, 0.25) is 15.8 Å². The van der Waals surface area contributed by atoms with Crippen molar-refractivity contribution in [2.24, 2.45) is 4.99 Å². The van der Waals surface area contributed by atoms with Gasteiger partial charge in [-0.3, -0.25) is 10.7 Å². The van der Waals surface area contributed by atoms with Crippen molar-refractivity contribution in [3.05, 3.63) is 34.2 Å². The summed E-state index contributed by atoms with van der Waals surface area (Å²) in [5, 5.41) is 19.5. The molecule has 1 fully saturated rings. The Kier molecular flexibility index (Phi) is 6.77. The number of rotatable bonds is 8. The predicted octanol–water partition coefficient (Wildman–Crippen LogP) is 1.81. The Bertz CT molecular complexity index is 996. The van der Waals surface area contributed by atoms with Crippen LogP contribution in [0.3, 0.4) is 0 Å². The Morgan fingerprint density at radius 2 is 2.17 bits per heavy atom. The van der Waals surface area contributed by atoms with Crippen LogP contribution >= 0.6 is 15.9 Å². The van der Waals surface area contributed by atoms with Crippen molar-refractivity contribution >= 4 is 43.3 Å². The Morgan fingerprint density at radius 1 is 1.41 bits per heavy atom. The number of sulfonamides is 1. The first kappa shape index (κ1) is 21.5. The second-order valence-corrected chi connectivity index (χ2v) is 9.09. The number of halogens is 3. The lowest BCUT2D eigenvalue weighted by atomic mass is 10.3. The molecule has 3 rings (SSSR count). The second kappa shape index (κ2) is 9.11. The van der Waals surface area contributed by atoms with Crippen LogP contribution in [0.2, 0.25) is 0 Å². The zero-order valence-electron chi connectivity index (χ0n) is 14.8. The van der Waals surface area contributed by atoms with Gasteiger partial charge in [-0.2, -0.15) is 4.31 Å². The van der Waals surface area contributed by atoms with Crippen molar-refractivity contribution < 1.29 is 27.0 Å². The van der Waals surface area contributed by atoms with Gasteiger partial charge in [-0.05, 0) is 50.9 Å². The summed E-state index contributed by atoms with van der Waals surface area (Å²) in [6.07, 6.45) is -0.872. The average molecular weight is 495 g/mol. The number of amidine groups is 1. The molecule has 0 unspecified atom stereocenters. The van der Waals surface area contributed by atoms with Gasteiger partial charge in [-0.25, -0.2) is 26.8 Å². The number of aliphatic imine (C=N–C) groups is 1. The molecule has 158 valence electrons. The predicted molar refractivity (Wildman–Crippen MR) is 103 cm³/mol. The minimum atomic E-state index is -3.49. The van der Waals surface area contributed by atoms with Crippen molar-refractivity contribution in [3.63, 3.8) is 0 Å². The summed E-state index contributed by atoms with van der Waals surface area (Å²) in [5.41, 5.74) is 2.23. The molecule has 1 saturated heterocycles. The van der Waals surface area contributed by atoms with Crippen molar-refractivity contribution in [1.29, 1.82) is 0 Å². The molecule has 10 nitrogen and oxygen atoms in total. The first-order valence-corrected chi connectivity index (χ1v) is 10.8. The third kappa shape index (κ3) is 5.26. The SMILES string of the molecule is O=S(=O)(CCCNc1nonc1C(=Nc1ccc(F)c(Br)c1)NO)N1CC(F)C1. The van der Waals surface area contributed by atoms with Gasteiger partial charge >= 0.3 is 0 Å². The van der Waals surface area contributed by atoms with Crippen LogP contribution in [0.25, 0.3) is 0 Å². The number of hydrogen-bond donors (Lipinski definition) is 3. The molecule has 0 radical (unpaired) electrons. The van der Waals surface area contributed by atoms with Gasteiger partial charge < -0.3 is 5.32 Å². The highest BCUT2D eigenvalue weighted by molar-refractivity contribution is 9.10. The zero-order valence-corrected chi connectivity index (χ0v) is 17.3. The third-order valence-corrected chi connectivity index (χ3v) is 6.53. The Labute approximate surface area is 173 Å². The van der Waals surface area contributed by atoms with E-state index < -0.39 is 22.0 Å². The van der Waals surface area contributed by atoms with Crippen LogP contribution in [-0.2, 0) is 10.0 Å². The summed E-state index contributed by atoms with van der Waals surface area (Å²) in [5.74, 6) is -0.620. The van der Waals surface area contributed by atoms with Crippen molar-refractivity contribution in [2.75, 3.05) is 30.7 Å². The van der Waals surface area contributed by atoms with Crippen LogP contribution in [0.15, 0.2) is 32.3 Å². The number of hydrogen-bond acceptors (Lipinski definition) is 8. The highest BCUT2D eigenvalue weighted by Crippen LogP contribution is 2.23. The third-order valence-electron chi connectivity index (χ3n) is 4.03. The number of nitrogens with zero attached hydrogens (tertiary/aromatic N) is 4. The number of benzene rings is 1. The molecule has 1 aromatic carbocycles. The fraction of sp³-hybridized carbons (Fsp3) is 0.400. The maximum Gasteiger partial charge on any atom is 0.214 e. The van der Waals surface area contributed by atoms with E-state index in [-0.39, 0.29) is 53.6 Å². The van der Waals surface area contributed by atoms with E-state index in [1.807, 2.05) is 5.48 Å². The molecule has 0 spiro atoms. The number of alkyl halides is 1. The number of aromatic nitrogens is 2. The minimum Gasteiger partial charge on any atom is -0.365 e. The van der Waals surface area contributed by atoms with E-state index >= 15 is 0 Å². The molecule has 3 N–H and O–H groups in total. The first-order chi connectivity index (χ1) is 13.8. The average Bonchev–Trinajstić information content (AvgIpc) is 3.12. The smallest absolute Gasteiger partial charge is 0.214 e. The van der Waals surface area contributed by atoms with E-state index in [1.165, 1.54) is 18.2 Å². The molecule has 1 aliphatic heterocycles. The van der Waals surface area contributed by atoms with E-state index in [1.54, 1.807) is 0 Å². The number of hydroxylamine groups is 1. The Hall–Kier alpha value is -2.16. The molecular formula is C15H17BrF2N6O4S. The Morgan fingerprint density at radius 3 is 2.83 bits per heavy atom. The quantitative estimate of drug-likeness (QED) is 0.219. The molecule has 1 aromatic heterocycles. The molecule has 2 heterocycles. The van der Waals surface area contributed by atoms with Crippen molar-refractivity contribution in [3.8, 4) is 0 Å². The highest BCUT2D eigenvalue weighted by atomic mass is 79.9. The van der Waals surface area contributed by atoms with Gasteiger partial charge in [-0.15, -0.1) is 0 Å². The van der Waals surface area contributed by atoms with Gasteiger partial charge in [-0.1, -0.05) is 0 Å². The van der Waals surface area contributed by atoms with Gasteiger partial charge in [0.1, 0.15) is 12.0 Å². The maximum atomic E-state index is 13.3. The highest BCUT2D eigenvalue weighted by Gasteiger charge is 2.35. The summed E-state index contributed by atoms with van der Waals surface area (Å²) in [6, 6.07) is 3.98. The van der Waals surface area contributed by atoms with Crippen LogP contribution < -0.4 is 10.8 Å². The molecule has 29 heavy (non-hydrogen) atoms. The summed E-state index contributed by atoms with van der Waals surface area (Å²) < 4.78 is 56.1. The summed E-state index contributed by atoms with van der Waals surface area (Å²) in [7, 11) is -3.49. The van der Waals surface area contributed by atoms with Gasteiger partial charge in [0.15, 0.2) is 11.5 Å². The molecule has 1 aliphatic rings. The van der Waals surface area contributed by atoms with E-state index in [4.69, 9.17) is 0 Å². The molecule has 14 heteroatoms. The molecule has 0 saturated carbocycles. The van der Waals surface area contributed by atoms with E-state index in [0.717, 1.165) is 4.31 Å². The van der Waals surface area contributed by atoms with Gasteiger partial charge in [0.05, 0.1) is 15.9 Å². The topological polar surface area (TPSA) is 133 Å². The Balaban J connectivity index is 1.62. The minimum absolute atomic E-state index is 0.0406. The standard InChI is InChI=1S/C15H17BrF2N6O4S/c16-11-6-10(2-3-12(11)18)20-15(21-25)13-14(23-28-22-13)19-4-1-5-29(26,27)24-7-9(17)8-24/h2-3,6,9,25H,1,4-5,7-8H2,(H,19,23)(H,20,21). The normalized spacial score (nSPS) is 15.9. The molecule has 0 aliphatic carbocycles. The zero-order chi connectivity index (χ0) is 21.0. The maximum absolute atomic E-state index is 13.3. The molecular weight excluding hydrogens is 478 g/mol.